The molecule has 78 valence electrons. The number of ether oxygens (including phenoxy) is 1. The third-order valence-corrected chi connectivity index (χ3v) is 2.17. The highest BCUT2D eigenvalue weighted by Gasteiger charge is 2.03. The number of aryl methyl sites for hydroxylation is 1. The zero-order valence-corrected chi connectivity index (χ0v) is 8.32. The summed E-state index contributed by atoms with van der Waals surface area (Å²) in [6, 6.07) is 6.77. The Hall–Kier alpha value is -1.81. The van der Waals surface area contributed by atoms with Crippen LogP contribution < -0.4 is 16.1 Å². The van der Waals surface area contributed by atoms with Crippen LogP contribution in [0, 0.1) is 6.92 Å². The van der Waals surface area contributed by atoms with Crippen molar-refractivity contribution in [2.45, 2.75) is 6.92 Å². The molecule has 15 heavy (non-hydrogen) atoms. The largest absolute Gasteiger partial charge is 0.478 e. The molecule has 0 aliphatic rings. The average Bonchev–Trinajstić information content (AvgIpc) is 2.17. The summed E-state index contributed by atoms with van der Waals surface area (Å²) < 4.78 is 10.2. The number of fused-ring (bicyclic) bond motifs is 1. The minimum absolute atomic E-state index is 0.0988. The monoisotopic (exact) mass is 205 g/mol. The van der Waals surface area contributed by atoms with Crippen molar-refractivity contribution in [3.05, 3.63) is 40.2 Å². The third kappa shape index (κ3) is 1.85. The zero-order valence-electron chi connectivity index (χ0n) is 8.32. The highest BCUT2D eigenvalue weighted by atomic mass is 16.5. The van der Waals surface area contributed by atoms with Crippen LogP contribution in [0.2, 0.25) is 0 Å². The van der Waals surface area contributed by atoms with Crippen LogP contribution >= 0.6 is 0 Å². The summed E-state index contributed by atoms with van der Waals surface area (Å²) >= 11 is 0. The quantitative estimate of drug-likeness (QED) is 0.594. The molecule has 0 aliphatic carbocycles. The van der Waals surface area contributed by atoms with Crippen LogP contribution in [0.1, 0.15) is 5.56 Å². The van der Waals surface area contributed by atoms with Crippen molar-refractivity contribution in [3.63, 3.8) is 0 Å². The van der Waals surface area contributed by atoms with E-state index in [4.69, 9.17) is 14.9 Å². The first kappa shape index (κ1) is 9.73. The summed E-state index contributed by atoms with van der Waals surface area (Å²) in [7, 11) is 0. The molecule has 0 spiro atoms. The van der Waals surface area contributed by atoms with E-state index in [-0.39, 0.29) is 12.4 Å². The van der Waals surface area contributed by atoms with Crippen molar-refractivity contribution in [2.24, 2.45) is 5.73 Å². The van der Waals surface area contributed by atoms with E-state index in [1.807, 2.05) is 13.0 Å². The van der Waals surface area contributed by atoms with Gasteiger partial charge in [0.1, 0.15) is 18.1 Å². The number of benzene rings is 1. The fourth-order valence-electron chi connectivity index (χ4n) is 1.49. The lowest BCUT2D eigenvalue weighted by atomic mass is 10.1. The molecule has 1 aromatic heterocycles. The van der Waals surface area contributed by atoms with E-state index in [0.717, 1.165) is 10.9 Å². The maximum atomic E-state index is 11.1. The molecule has 0 amide bonds. The van der Waals surface area contributed by atoms with Gasteiger partial charge < -0.3 is 9.15 Å². The van der Waals surface area contributed by atoms with Crippen LogP contribution in [0.15, 0.2) is 33.5 Å². The molecule has 0 atom stereocenters. The molecule has 1 aromatic carbocycles. The first-order valence-electron chi connectivity index (χ1n) is 4.58. The van der Waals surface area contributed by atoms with E-state index in [9.17, 15) is 4.79 Å². The van der Waals surface area contributed by atoms with Gasteiger partial charge in [0.25, 0.3) is 0 Å². The molecule has 2 rings (SSSR count). The van der Waals surface area contributed by atoms with Gasteiger partial charge in [0.15, 0.2) is 0 Å². The highest BCUT2D eigenvalue weighted by molar-refractivity contribution is 5.81. The topological polar surface area (TPSA) is 65.5 Å². The Bertz CT molecular complexity index is 545. The summed E-state index contributed by atoms with van der Waals surface area (Å²) in [5.41, 5.74) is 6.30. The van der Waals surface area contributed by atoms with Crippen molar-refractivity contribution in [1.29, 1.82) is 0 Å². The molecule has 2 aromatic rings. The standard InChI is InChI=1S/C11H11NO3/c1-7-4-11(13)15-10-5-8(14-6-12)2-3-9(7)10/h2-5H,6,12H2,1H3. The lowest BCUT2D eigenvalue weighted by Crippen LogP contribution is -2.07. The summed E-state index contributed by atoms with van der Waals surface area (Å²) in [5, 5.41) is 0.902. The van der Waals surface area contributed by atoms with Crippen LogP contribution in [0.25, 0.3) is 11.0 Å². The van der Waals surface area contributed by atoms with E-state index in [1.165, 1.54) is 6.07 Å². The summed E-state index contributed by atoms with van der Waals surface area (Å²) in [6.07, 6.45) is 0. The Morgan fingerprint density at radius 3 is 2.93 bits per heavy atom. The molecule has 0 unspecified atom stereocenters. The molecular weight excluding hydrogens is 194 g/mol. The first-order valence-corrected chi connectivity index (χ1v) is 4.58. The molecule has 0 radical (unpaired) electrons. The van der Waals surface area contributed by atoms with Crippen molar-refractivity contribution in [1.82, 2.24) is 0 Å². The van der Waals surface area contributed by atoms with E-state index in [2.05, 4.69) is 0 Å². The maximum absolute atomic E-state index is 11.1. The van der Waals surface area contributed by atoms with Crippen LogP contribution in [0.3, 0.4) is 0 Å². The average molecular weight is 205 g/mol. The minimum Gasteiger partial charge on any atom is -0.478 e. The molecule has 0 bridgehead atoms. The number of hydrogen-bond acceptors (Lipinski definition) is 4. The molecule has 0 fully saturated rings. The highest BCUT2D eigenvalue weighted by Crippen LogP contribution is 2.21. The molecule has 2 N–H and O–H groups in total. The summed E-state index contributed by atoms with van der Waals surface area (Å²) in [5.74, 6) is 0.596. The molecule has 4 heteroatoms. The minimum atomic E-state index is -0.357. The normalized spacial score (nSPS) is 10.5. The van der Waals surface area contributed by atoms with Gasteiger partial charge in [-0.3, -0.25) is 5.73 Å². The third-order valence-electron chi connectivity index (χ3n) is 2.17. The van der Waals surface area contributed by atoms with E-state index < -0.39 is 0 Å². The Morgan fingerprint density at radius 2 is 2.20 bits per heavy atom. The molecular formula is C11H11NO3. The lowest BCUT2D eigenvalue weighted by Gasteiger charge is -2.04. The first-order chi connectivity index (χ1) is 7.20. The van der Waals surface area contributed by atoms with E-state index >= 15 is 0 Å². The number of rotatable bonds is 2. The molecule has 0 aliphatic heterocycles. The second-order valence-electron chi connectivity index (χ2n) is 3.22. The van der Waals surface area contributed by atoms with Crippen LogP contribution in [-0.4, -0.2) is 6.73 Å². The van der Waals surface area contributed by atoms with Gasteiger partial charge in [0.2, 0.25) is 0 Å². The van der Waals surface area contributed by atoms with Gasteiger partial charge in [-0.2, -0.15) is 0 Å². The van der Waals surface area contributed by atoms with Gasteiger partial charge in [-0.15, -0.1) is 0 Å². The van der Waals surface area contributed by atoms with Gasteiger partial charge in [0, 0.05) is 17.5 Å². The molecule has 4 nitrogen and oxygen atoms in total. The Labute approximate surface area is 86.3 Å². The zero-order chi connectivity index (χ0) is 10.8. The summed E-state index contributed by atoms with van der Waals surface area (Å²) in [4.78, 5) is 11.1. The fourth-order valence-corrected chi connectivity index (χ4v) is 1.49. The maximum Gasteiger partial charge on any atom is 0.336 e. The van der Waals surface area contributed by atoms with Crippen molar-refractivity contribution in [2.75, 3.05) is 6.73 Å². The predicted octanol–water partition coefficient (Wildman–Crippen LogP) is 1.40. The molecule has 0 saturated heterocycles. The lowest BCUT2D eigenvalue weighted by molar-refractivity contribution is 0.329. The Kier molecular flexibility index (Phi) is 2.43. The van der Waals surface area contributed by atoms with Crippen molar-refractivity contribution < 1.29 is 9.15 Å². The second-order valence-corrected chi connectivity index (χ2v) is 3.22. The fraction of sp³-hybridized carbons (Fsp3) is 0.182. The van der Waals surface area contributed by atoms with Crippen LogP contribution in [-0.2, 0) is 0 Å². The Morgan fingerprint density at radius 1 is 1.40 bits per heavy atom. The van der Waals surface area contributed by atoms with E-state index in [0.29, 0.717) is 11.3 Å². The second kappa shape index (κ2) is 3.74. The summed E-state index contributed by atoms with van der Waals surface area (Å²) in [6.45, 7) is 1.96. The number of nitrogens with two attached hydrogens (primary N) is 1. The SMILES string of the molecule is Cc1cc(=O)oc2cc(OCN)ccc12. The van der Waals surface area contributed by atoms with Crippen LogP contribution in [0.4, 0.5) is 0 Å². The predicted molar refractivity (Wildman–Crippen MR) is 56.9 cm³/mol. The van der Waals surface area contributed by atoms with Gasteiger partial charge in [0.05, 0.1) is 0 Å². The Balaban J connectivity index is 2.65. The molecule has 1 heterocycles. The van der Waals surface area contributed by atoms with Gasteiger partial charge in [-0.1, -0.05) is 0 Å². The van der Waals surface area contributed by atoms with Gasteiger partial charge in [-0.05, 0) is 24.6 Å². The van der Waals surface area contributed by atoms with Gasteiger partial charge >= 0.3 is 5.63 Å². The van der Waals surface area contributed by atoms with E-state index in [1.54, 1.807) is 12.1 Å². The van der Waals surface area contributed by atoms with Crippen molar-refractivity contribution >= 4 is 11.0 Å². The number of hydrogen-bond donors (Lipinski definition) is 1. The van der Waals surface area contributed by atoms with Crippen molar-refractivity contribution in [3.8, 4) is 5.75 Å². The molecule has 0 saturated carbocycles. The van der Waals surface area contributed by atoms with Crippen LogP contribution in [0.5, 0.6) is 5.75 Å². The smallest absolute Gasteiger partial charge is 0.336 e. The van der Waals surface area contributed by atoms with Gasteiger partial charge in [-0.25, -0.2) is 4.79 Å².